The lowest BCUT2D eigenvalue weighted by Gasteiger charge is -2.23. The van der Waals surface area contributed by atoms with E-state index in [1.165, 1.54) is 6.07 Å². The summed E-state index contributed by atoms with van der Waals surface area (Å²) < 4.78 is 48.8. The fourth-order valence-corrected chi connectivity index (χ4v) is 3.31. The number of amides is 1. The Morgan fingerprint density at radius 1 is 1.38 bits per heavy atom. The van der Waals surface area contributed by atoms with Gasteiger partial charge in [-0.05, 0) is 44.5 Å². The fourth-order valence-electron chi connectivity index (χ4n) is 2.56. The molecule has 2 rings (SSSR count). The highest BCUT2D eigenvalue weighted by Gasteiger charge is 2.28. The predicted octanol–water partition coefficient (Wildman–Crippen LogP) is 2.05. The highest BCUT2D eigenvalue weighted by Crippen LogP contribution is 2.29. The Morgan fingerprint density at radius 3 is 2.71 bits per heavy atom. The van der Waals surface area contributed by atoms with E-state index in [4.69, 9.17) is 0 Å². The molecule has 0 saturated carbocycles. The number of carbonyl (C=O) groups is 1. The summed E-state index contributed by atoms with van der Waals surface area (Å²) in [6, 6.07) is 3.57. The van der Waals surface area contributed by atoms with Gasteiger partial charge >= 0.3 is 5.76 Å². The minimum atomic E-state index is -4.72. The molecule has 1 heterocycles. The maximum atomic E-state index is 12.7. The van der Waals surface area contributed by atoms with Crippen LogP contribution in [-0.4, -0.2) is 39.7 Å². The Kier molecular flexibility index (Phi) is 6.11. The van der Waals surface area contributed by atoms with Crippen molar-refractivity contribution >= 4 is 27.1 Å². The lowest BCUT2D eigenvalue weighted by Crippen LogP contribution is -2.37. The highest BCUT2D eigenvalue weighted by atomic mass is 32.2. The first-order chi connectivity index (χ1) is 11.4. The summed E-state index contributed by atoms with van der Waals surface area (Å²) in [4.78, 5) is 11.8. The second kappa shape index (κ2) is 7.89. The summed E-state index contributed by atoms with van der Waals surface area (Å²) in [7, 11) is -4.72. The molecule has 1 saturated heterocycles. The Labute approximate surface area is 139 Å². The molecule has 3 N–H and O–H groups in total. The zero-order valence-corrected chi connectivity index (χ0v) is 14.1. The predicted molar refractivity (Wildman–Crippen MR) is 88.0 cm³/mol. The van der Waals surface area contributed by atoms with Crippen molar-refractivity contribution in [2.24, 2.45) is 5.92 Å². The van der Waals surface area contributed by atoms with Crippen molar-refractivity contribution in [2.45, 2.75) is 30.4 Å². The van der Waals surface area contributed by atoms with Gasteiger partial charge in [-0.2, -0.15) is 8.78 Å². The number of alkyl halides is 2. The number of hydrogen-bond donors (Lipinski definition) is 3. The molecular weight excluding hydrogens is 340 g/mol. The largest absolute Gasteiger partial charge is 0.384 e. The van der Waals surface area contributed by atoms with E-state index >= 15 is 0 Å². The van der Waals surface area contributed by atoms with Gasteiger partial charge < -0.3 is 16.0 Å². The maximum absolute atomic E-state index is 12.7. The zero-order valence-electron chi connectivity index (χ0n) is 13.3. The number of anilines is 2. The van der Waals surface area contributed by atoms with Crippen molar-refractivity contribution in [1.82, 2.24) is 5.32 Å². The summed E-state index contributed by atoms with van der Waals surface area (Å²) in [5.41, 5.74) is 0.678. The van der Waals surface area contributed by atoms with Gasteiger partial charge in [-0.1, -0.05) is 0 Å². The number of piperidine rings is 1. The topological polar surface area (TPSA) is 87.3 Å². The molecule has 0 aliphatic carbocycles. The Hall–Kier alpha value is -1.74. The summed E-state index contributed by atoms with van der Waals surface area (Å²) >= 11 is 0. The first kappa shape index (κ1) is 18.6. The summed E-state index contributed by atoms with van der Waals surface area (Å²) in [5.74, 6) is -4.00. The van der Waals surface area contributed by atoms with Crippen LogP contribution in [0, 0.1) is 5.92 Å². The van der Waals surface area contributed by atoms with E-state index in [9.17, 15) is 22.0 Å². The fraction of sp³-hybridized carbons (Fsp3) is 0.533. The van der Waals surface area contributed by atoms with Gasteiger partial charge in [-0.3, -0.25) is 4.79 Å². The SMILES string of the molecule is CCNc1ccc(S(=O)(=O)C(F)F)cc1NC(=O)C1CCCNC1. The minimum absolute atomic E-state index is 0.189. The number of nitrogens with one attached hydrogen (secondary N) is 3. The zero-order chi connectivity index (χ0) is 17.7. The van der Waals surface area contributed by atoms with E-state index in [0.717, 1.165) is 31.5 Å². The summed E-state index contributed by atoms with van der Waals surface area (Å²) in [6.45, 7) is 3.77. The summed E-state index contributed by atoms with van der Waals surface area (Å²) in [5, 5.41) is 8.77. The molecule has 1 fully saturated rings. The molecule has 6 nitrogen and oxygen atoms in total. The second-order valence-electron chi connectivity index (χ2n) is 5.58. The van der Waals surface area contributed by atoms with Crippen LogP contribution in [0.4, 0.5) is 20.2 Å². The molecule has 1 amide bonds. The molecule has 1 aromatic rings. The normalized spacial score (nSPS) is 18.4. The first-order valence-corrected chi connectivity index (χ1v) is 9.32. The second-order valence-corrected chi connectivity index (χ2v) is 7.49. The van der Waals surface area contributed by atoms with E-state index in [1.54, 1.807) is 0 Å². The number of sulfone groups is 1. The Balaban J connectivity index is 2.29. The minimum Gasteiger partial charge on any atom is -0.384 e. The van der Waals surface area contributed by atoms with Gasteiger partial charge in [0.2, 0.25) is 15.7 Å². The smallest absolute Gasteiger partial charge is 0.341 e. The molecule has 0 radical (unpaired) electrons. The van der Waals surface area contributed by atoms with E-state index in [1.807, 2.05) is 6.92 Å². The van der Waals surface area contributed by atoms with Crippen LogP contribution in [0.3, 0.4) is 0 Å². The third-order valence-corrected chi connectivity index (χ3v) is 5.23. The number of halogens is 2. The molecule has 1 atom stereocenters. The Morgan fingerprint density at radius 2 is 2.12 bits per heavy atom. The van der Waals surface area contributed by atoms with Gasteiger partial charge in [0, 0.05) is 13.1 Å². The van der Waals surface area contributed by atoms with Gasteiger partial charge in [0.05, 0.1) is 22.2 Å². The molecule has 9 heteroatoms. The average Bonchev–Trinajstić information content (AvgIpc) is 2.57. The van der Waals surface area contributed by atoms with E-state index in [2.05, 4.69) is 16.0 Å². The van der Waals surface area contributed by atoms with E-state index in [0.29, 0.717) is 18.8 Å². The van der Waals surface area contributed by atoms with E-state index < -0.39 is 20.5 Å². The van der Waals surface area contributed by atoms with Gasteiger partial charge in [0.25, 0.3) is 0 Å². The third kappa shape index (κ3) is 4.21. The lowest BCUT2D eigenvalue weighted by atomic mass is 9.99. The van der Waals surface area contributed by atoms with Crippen molar-refractivity contribution in [3.63, 3.8) is 0 Å². The number of hydrogen-bond acceptors (Lipinski definition) is 5. The molecule has 1 unspecified atom stereocenters. The Bertz CT molecular complexity index is 689. The molecule has 1 aliphatic rings. The molecule has 0 spiro atoms. The van der Waals surface area contributed by atoms with Crippen LogP contribution in [0.5, 0.6) is 0 Å². The third-order valence-electron chi connectivity index (χ3n) is 3.85. The van der Waals surface area contributed by atoms with Crippen LogP contribution >= 0.6 is 0 Å². The quantitative estimate of drug-likeness (QED) is 0.722. The first-order valence-electron chi connectivity index (χ1n) is 7.77. The van der Waals surface area contributed by atoms with Crippen LogP contribution in [0.2, 0.25) is 0 Å². The standard InChI is InChI=1S/C15H21F2N3O3S/c1-2-19-12-6-5-11(24(22,23)15(16)17)8-13(12)20-14(21)10-4-3-7-18-9-10/h5-6,8,10,15,18-19H,2-4,7,9H2,1H3,(H,20,21). The molecule has 1 aliphatic heterocycles. The van der Waals surface area contributed by atoms with Gasteiger partial charge in [-0.25, -0.2) is 8.42 Å². The molecule has 0 aromatic heterocycles. The summed E-state index contributed by atoms with van der Waals surface area (Å²) in [6.07, 6.45) is 1.60. The maximum Gasteiger partial charge on any atom is 0.341 e. The van der Waals surface area contributed by atoms with Crippen molar-refractivity contribution in [3.05, 3.63) is 18.2 Å². The lowest BCUT2D eigenvalue weighted by molar-refractivity contribution is -0.120. The molecule has 1 aromatic carbocycles. The van der Waals surface area contributed by atoms with Crippen molar-refractivity contribution in [2.75, 3.05) is 30.3 Å². The van der Waals surface area contributed by atoms with Crippen molar-refractivity contribution < 1.29 is 22.0 Å². The monoisotopic (exact) mass is 361 g/mol. The van der Waals surface area contributed by atoms with E-state index in [-0.39, 0.29) is 17.5 Å². The van der Waals surface area contributed by atoms with Gasteiger partial charge in [0.1, 0.15) is 0 Å². The average molecular weight is 361 g/mol. The number of rotatable bonds is 6. The van der Waals surface area contributed by atoms with Crippen molar-refractivity contribution in [3.8, 4) is 0 Å². The number of carbonyl (C=O) groups excluding carboxylic acids is 1. The van der Waals surface area contributed by atoms with Gasteiger partial charge in [0.15, 0.2) is 0 Å². The van der Waals surface area contributed by atoms with Crippen LogP contribution in [0.1, 0.15) is 19.8 Å². The molecule has 134 valence electrons. The van der Waals surface area contributed by atoms with Crippen LogP contribution in [0.15, 0.2) is 23.1 Å². The highest BCUT2D eigenvalue weighted by molar-refractivity contribution is 7.91. The molecule has 24 heavy (non-hydrogen) atoms. The van der Waals surface area contributed by atoms with Gasteiger partial charge in [-0.15, -0.1) is 0 Å². The van der Waals surface area contributed by atoms with Crippen molar-refractivity contribution in [1.29, 1.82) is 0 Å². The van der Waals surface area contributed by atoms with Crippen LogP contribution in [-0.2, 0) is 14.6 Å². The molecular formula is C15H21F2N3O3S. The molecule has 0 bridgehead atoms. The van der Waals surface area contributed by atoms with Crippen LogP contribution in [0.25, 0.3) is 0 Å². The van der Waals surface area contributed by atoms with Crippen LogP contribution < -0.4 is 16.0 Å². The number of benzene rings is 1.